The van der Waals surface area contributed by atoms with Gasteiger partial charge in [0.05, 0.1) is 19.8 Å². The maximum atomic E-state index is 5.76. The number of likely N-dealkylation sites (N-methyl/N-ethyl adjacent to an activating group) is 1. The Balaban J connectivity index is 2.05. The molecule has 0 saturated heterocycles. The molecule has 1 aromatic carbocycles. The van der Waals surface area contributed by atoms with Gasteiger partial charge in [-0.2, -0.15) is 0 Å². The van der Waals surface area contributed by atoms with Crippen LogP contribution in [0.2, 0.25) is 0 Å². The Morgan fingerprint density at radius 1 is 1.16 bits per heavy atom. The SMILES string of the molecule is CCNC(=NCC(C)N(CC)CC)Nc1ccc2c(c1)OCCCO2. The number of fused-ring (bicyclic) bond motifs is 1. The summed E-state index contributed by atoms with van der Waals surface area (Å²) >= 11 is 0. The molecule has 140 valence electrons. The maximum Gasteiger partial charge on any atom is 0.195 e. The van der Waals surface area contributed by atoms with E-state index in [-0.39, 0.29) is 0 Å². The normalized spacial score (nSPS) is 15.6. The zero-order valence-electron chi connectivity index (χ0n) is 16.0. The Labute approximate surface area is 151 Å². The van der Waals surface area contributed by atoms with Crippen molar-refractivity contribution in [2.45, 2.75) is 40.2 Å². The molecule has 0 saturated carbocycles. The third-order valence-corrected chi connectivity index (χ3v) is 4.30. The summed E-state index contributed by atoms with van der Waals surface area (Å²) < 4.78 is 11.4. The van der Waals surface area contributed by atoms with Crippen molar-refractivity contribution in [3.8, 4) is 11.5 Å². The van der Waals surface area contributed by atoms with Crippen LogP contribution in [0.4, 0.5) is 5.69 Å². The van der Waals surface area contributed by atoms with Crippen LogP contribution in [0, 0.1) is 0 Å². The van der Waals surface area contributed by atoms with E-state index in [1.165, 1.54) is 0 Å². The second-order valence-corrected chi connectivity index (χ2v) is 6.13. The van der Waals surface area contributed by atoms with Crippen LogP contribution in [-0.2, 0) is 0 Å². The second kappa shape index (κ2) is 10.1. The van der Waals surface area contributed by atoms with Crippen molar-refractivity contribution in [3.05, 3.63) is 18.2 Å². The molecular weight excluding hydrogens is 316 g/mol. The standard InChI is InChI=1S/C19H32N4O2/c1-5-20-19(21-14-15(4)23(6-2)7-3)22-16-9-10-17-18(13-16)25-12-8-11-24-17/h9-10,13,15H,5-8,11-12,14H2,1-4H3,(H2,20,21,22). The van der Waals surface area contributed by atoms with Crippen LogP contribution in [0.15, 0.2) is 23.2 Å². The van der Waals surface area contributed by atoms with Crippen LogP contribution in [0.25, 0.3) is 0 Å². The van der Waals surface area contributed by atoms with E-state index < -0.39 is 0 Å². The molecule has 2 rings (SSSR count). The van der Waals surface area contributed by atoms with Gasteiger partial charge in [0.15, 0.2) is 17.5 Å². The van der Waals surface area contributed by atoms with Crippen LogP contribution < -0.4 is 20.1 Å². The first-order chi connectivity index (χ1) is 12.2. The molecule has 1 unspecified atom stereocenters. The number of rotatable bonds is 7. The van der Waals surface area contributed by atoms with Gasteiger partial charge < -0.3 is 20.1 Å². The third kappa shape index (κ3) is 5.81. The molecule has 6 heteroatoms. The Morgan fingerprint density at radius 3 is 2.56 bits per heavy atom. The van der Waals surface area contributed by atoms with Gasteiger partial charge in [0.25, 0.3) is 0 Å². The fourth-order valence-electron chi connectivity index (χ4n) is 2.87. The molecule has 25 heavy (non-hydrogen) atoms. The quantitative estimate of drug-likeness (QED) is 0.586. The maximum absolute atomic E-state index is 5.76. The van der Waals surface area contributed by atoms with E-state index in [0.717, 1.165) is 55.7 Å². The molecule has 0 aromatic heterocycles. The number of hydrogen-bond acceptors (Lipinski definition) is 4. The molecule has 2 N–H and O–H groups in total. The molecule has 6 nitrogen and oxygen atoms in total. The summed E-state index contributed by atoms with van der Waals surface area (Å²) in [5.41, 5.74) is 0.944. The predicted molar refractivity (Wildman–Crippen MR) is 104 cm³/mol. The molecule has 0 bridgehead atoms. The van der Waals surface area contributed by atoms with E-state index in [2.05, 4.69) is 43.2 Å². The van der Waals surface area contributed by atoms with Crippen LogP contribution in [0.5, 0.6) is 11.5 Å². The molecular formula is C19H32N4O2. The monoisotopic (exact) mass is 348 g/mol. The number of anilines is 1. The van der Waals surface area contributed by atoms with E-state index in [1.54, 1.807) is 0 Å². The fourth-order valence-corrected chi connectivity index (χ4v) is 2.87. The average Bonchev–Trinajstić information content (AvgIpc) is 2.86. The van der Waals surface area contributed by atoms with Crippen molar-refractivity contribution in [1.29, 1.82) is 0 Å². The van der Waals surface area contributed by atoms with Crippen LogP contribution >= 0.6 is 0 Å². The smallest absolute Gasteiger partial charge is 0.195 e. The number of nitrogens with zero attached hydrogens (tertiary/aromatic N) is 2. The lowest BCUT2D eigenvalue weighted by molar-refractivity contribution is 0.237. The van der Waals surface area contributed by atoms with Gasteiger partial charge in [0, 0.05) is 30.8 Å². The van der Waals surface area contributed by atoms with Gasteiger partial charge in [-0.15, -0.1) is 0 Å². The molecule has 0 radical (unpaired) electrons. The van der Waals surface area contributed by atoms with Crippen molar-refractivity contribution < 1.29 is 9.47 Å². The number of benzene rings is 1. The Morgan fingerprint density at radius 2 is 1.88 bits per heavy atom. The summed E-state index contributed by atoms with van der Waals surface area (Å²) in [6.45, 7) is 13.7. The average molecular weight is 348 g/mol. The van der Waals surface area contributed by atoms with Crippen LogP contribution in [0.3, 0.4) is 0 Å². The molecule has 0 aliphatic carbocycles. The van der Waals surface area contributed by atoms with E-state index in [4.69, 9.17) is 14.5 Å². The summed E-state index contributed by atoms with van der Waals surface area (Å²) in [6, 6.07) is 6.33. The first-order valence-electron chi connectivity index (χ1n) is 9.36. The van der Waals surface area contributed by atoms with E-state index in [0.29, 0.717) is 19.3 Å². The first-order valence-corrected chi connectivity index (χ1v) is 9.36. The highest BCUT2D eigenvalue weighted by Gasteiger charge is 2.12. The lowest BCUT2D eigenvalue weighted by atomic mass is 10.2. The molecule has 1 atom stereocenters. The highest BCUT2D eigenvalue weighted by Crippen LogP contribution is 2.32. The van der Waals surface area contributed by atoms with E-state index in [9.17, 15) is 0 Å². The minimum Gasteiger partial charge on any atom is -0.490 e. The third-order valence-electron chi connectivity index (χ3n) is 4.30. The minimum absolute atomic E-state index is 0.411. The van der Waals surface area contributed by atoms with Gasteiger partial charge >= 0.3 is 0 Å². The molecule has 1 aliphatic heterocycles. The summed E-state index contributed by atoms with van der Waals surface area (Å²) in [5, 5.41) is 6.67. The van der Waals surface area contributed by atoms with Gasteiger partial charge in [0.2, 0.25) is 0 Å². The van der Waals surface area contributed by atoms with Crippen LogP contribution in [-0.4, -0.2) is 56.3 Å². The van der Waals surface area contributed by atoms with E-state index >= 15 is 0 Å². The summed E-state index contributed by atoms with van der Waals surface area (Å²) in [5.74, 6) is 2.38. The topological polar surface area (TPSA) is 58.1 Å². The summed E-state index contributed by atoms with van der Waals surface area (Å²) in [4.78, 5) is 7.14. The largest absolute Gasteiger partial charge is 0.490 e. The lowest BCUT2D eigenvalue weighted by Crippen LogP contribution is -2.37. The van der Waals surface area contributed by atoms with Gasteiger partial charge in [-0.25, -0.2) is 0 Å². The predicted octanol–water partition coefficient (Wildman–Crippen LogP) is 2.96. The lowest BCUT2D eigenvalue weighted by Gasteiger charge is -2.25. The minimum atomic E-state index is 0.411. The van der Waals surface area contributed by atoms with Crippen molar-refractivity contribution in [3.63, 3.8) is 0 Å². The molecule has 1 heterocycles. The zero-order valence-corrected chi connectivity index (χ0v) is 16.0. The van der Waals surface area contributed by atoms with Crippen molar-refractivity contribution in [2.75, 3.05) is 44.7 Å². The molecule has 1 aliphatic rings. The van der Waals surface area contributed by atoms with Gasteiger partial charge in [-0.1, -0.05) is 13.8 Å². The highest BCUT2D eigenvalue weighted by atomic mass is 16.5. The van der Waals surface area contributed by atoms with Gasteiger partial charge in [0.1, 0.15) is 0 Å². The van der Waals surface area contributed by atoms with Crippen LogP contribution in [0.1, 0.15) is 34.1 Å². The number of hydrogen-bond donors (Lipinski definition) is 2. The zero-order chi connectivity index (χ0) is 18.1. The highest BCUT2D eigenvalue weighted by molar-refractivity contribution is 5.93. The number of nitrogens with one attached hydrogen (secondary N) is 2. The first kappa shape index (κ1) is 19.4. The number of aliphatic imine (C=N–C) groups is 1. The second-order valence-electron chi connectivity index (χ2n) is 6.13. The molecule has 0 amide bonds. The Bertz CT molecular complexity index is 558. The van der Waals surface area contributed by atoms with Crippen molar-refractivity contribution in [1.82, 2.24) is 10.2 Å². The summed E-state index contributed by atoms with van der Waals surface area (Å²) in [6.07, 6.45) is 0.908. The van der Waals surface area contributed by atoms with Crippen molar-refractivity contribution >= 4 is 11.6 Å². The van der Waals surface area contributed by atoms with Gasteiger partial charge in [-0.05, 0) is 39.1 Å². The summed E-state index contributed by atoms with van der Waals surface area (Å²) in [7, 11) is 0. The molecule has 0 spiro atoms. The van der Waals surface area contributed by atoms with Crippen molar-refractivity contribution in [2.24, 2.45) is 4.99 Å². The number of ether oxygens (including phenoxy) is 2. The Hall–Kier alpha value is -1.95. The number of guanidine groups is 1. The molecule has 1 aromatic rings. The molecule has 0 fully saturated rings. The van der Waals surface area contributed by atoms with Gasteiger partial charge in [-0.3, -0.25) is 9.89 Å². The fraction of sp³-hybridized carbons (Fsp3) is 0.632. The van der Waals surface area contributed by atoms with E-state index in [1.807, 2.05) is 18.2 Å². The Kier molecular flexibility index (Phi) is 7.85.